The van der Waals surface area contributed by atoms with Crippen molar-refractivity contribution in [1.29, 1.82) is 5.26 Å². The zero-order valence-electron chi connectivity index (χ0n) is 20.5. The Balaban J connectivity index is 1.34. The summed E-state index contributed by atoms with van der Waals surface area (Å²) in [6.45, 7) is 2.39. The summed E-state index contributed by atoms with van der Waals surface area (Å²) < 4.78 is 72.0. The van der Waals surface area contributed by atoms with Crippen LogP contribution in [0.25, 0.3) is 0 Å². The van der Waals surface area contributed by atoms with Crippen LogP contribution in [0.5, 0.6) is 0 Å². The topological polar surface area (TPSA) is 120 Å². The number of carbonyl (C=O) groups excluding carboxylic acids is 1. The molecule has 208 valence electrons. The standard InChI is InChI=1S/C24H24ClF3N6O4S/c25-18-8-15(33-11-16-2-1-6-34(16)23(13-33)38-14-35)3-4-19(18)39(36,37)17-5-7-32(12-17)22-9-20(24(26,27)28)30-21(10-29)31-22/h3-4,8-9,14,16-17,23H,1-2,5-7,11-13H2/t16-,17-,23?/m0/s1. The van der Waals surface area contributed by atoms with Crippen molar-refractivity contribution in [2.45, 2.75) is 47.9 Å². The number of nitriles is 1. The number of carbonyl (C=O) groups is 1. The van der Waals surface area contributed by atoms with E-state index in [1.165, 1.54) is 17.0 Å². The normalized spacial score (nSPS) is 23.9. The van der Waals surface area contributed by atoms with Gasteiger partial charge in [0.05, 0.1) is 21.7 Å². The Labute approximate surface area is 227 Å². The van der Waals surface area contributed by atoms with E-state index in [9.17, 15) is 26.4 Å². The molecule has 1 unspecified atom stereocenters. The molecule has 3 saturated heterocycles. The minimum atomic E-state index is -4.78. The average molecular weight is 585 g/mol. The minimum absolute atomic E-state index is 0.0285. The lowest BCUT2D eigenvalue weighted by atomic mass is 10.1. The van der Waals surface area contributed by atoms with Gasteiger partial charge in [-0.05, 0) is 37.5 Å². The number of hydrogen-bond donors (Lipinski definition) is 0. The lowest BCUT2D eigenvalue weighted by molar-refractivity contribution is -0.145. The number of anilines is 2. The molecule has 1 aromatic heterocycles. The number of fused-ring (bicyclic) bond motifs is 1. The number of rotatable bonds is 6. The molecule has 3 aliphatic rings. The van der Waals surface area contributed by atoms with Gasteiger partial charge >= 0.3 is 6.18 Å². The van der Waals surface area contributed by atoms with Gasteiger partial charge in [0, 0.05) is 44.0 Å². The molecule has 0 aliphatic carbocycles. The highest BCUT2D eigenvalue weighted by atomic mass is 35.5. The van der Waals surface area contributed by atoms with Crippen LogP contribution in [0.3, 0.4) is 0 Å². The fraction of sp³-hybridized carbons (Fsp3) is 0.500. The number of aromatic nitrogens is 2. The third-order valence-electron chi connectivity index (χ3n) is 7.41. The van der Waals surface area contributed by atoms with E-state index in [4.69, 9.17) is 21.6 Å². The third-order valence-corrected chi connectivity index (χ3v) is 10.1. The fourth-order valence-electron chi connectivity index (χ4n) is 5.53. The van der Waals surface area contributed by atoms with Crippen LogP contribution in [0, 0.1) is 11.3 Å². The Morgan fingerprint density at radius 2 is 1.90 bits per heavy atom. The molecule has 3 atom stereocenters. The molecule has 0 spiro atoms. The Hall–Kier alpha value is -3.15. The maximum absolute atomic E-state index is 13.5. The molecule has 1 aromatic carbocycles. The van der Waals surface area contributed by atoms with Crippen molar-refractivity contribution in [1.82, 2.24) is 14.9 Å². The zero-order valence-corrected chi connectivity index (χ0v) is 22.1. The average Bonchev–Trinajstić information content (AvgIpc) is 3.58. The van der Waals surface area contributed by atoms with Crippen molar-refractivity contribution in [2.24, 2.45) is 0 Å². The molecule has 5 rings (SSSR count). The molecule has 0 bridgehead atoms. The highest BCUT2D eigenvalue weighted by Crippen LogP contribution is 2.36. The van der Waals surface area contributed by atoms with Crippen LogP contribution in [0.4, 0.5) is 24.7 Å². The van der Waals surface area contributed by atoms with E-state index in [0.717, 1.165) is 19.4 Å². The van der Waals surface area contributed by atoms with E-state index in [0.29, 0.717) is 31.3 Å². The SMILES string of the molecule is N#Cc1nc(N2CC[C@H](S(=O)(=O)c3ccc(N4CC(OC=O)N5CCC[C@H]5C4)cc3Cl)C2)cc(C(F)(F)F)n1. The summed E-state index contributed by atoms with van der Waals surface area (Å²) >= 11 is 6.49. The molecule has 0 saturated carbocycles. The van der Waals surface area contributed by atoms with Crippen LogP contribution >= 0.6 is 11.6 Å². The second-order valence-corrected chi connectivity index (χ2v) is 12.3. The van der Waals surface area contributed by atoms with Crippen molar-refractivity contribution in [2.75, 3.05) is 42.5 Å². The summed E-state index contributed by atoms with van der Waals surface area (Å²) in [5.41, 5.74) is -0.573. The number of hydrogen-bond acceptors (Lipinski definition) is 10. The van der Waals surface area contributed by atoms with Crippen molar-refractivity contribution in [3.8, 4) is 6.07 Å². The molecular formula is C24H24ClF3N6O4S. The summed E-state index contributed by atoms with van der Waals surface area (Å²) in [4.78, 5) is 23.6. The number of benzene rings is 1. The molecule has 0 N–H and O–H groups in total. The first-order valence-electron chi connectivity index (χ1n) is 12.3. The van der Waals surface area contributed by atoms with Gasteiger partial charge in [-0.25, -0.2) is 18.4 Å². The summed E-state index contributed by atoms with van der Waals surface area (Å²) in [6, 6.07) is 7.10. The fourth-order valence-corrected chi connectivity index (χ4v) is 7.77. The predicted molar refractivity (Wildman–Crippen MR) is 134 cm³/mol. The van der Waals surface area contributed by atoms with Gasteiger partial charge in [-0.3, -0.25) is 9.69 Å². The first-order chi connectivity index (χ1) is 18.5. The summed E-state index contributed by atoms with van der Waals surface area (Å²) in [5, 5.41) is 8.15. The van der Waals surface area contributed by atoms with Crippen molar-refractivity contribution < 1.29 is 31.1 Å². The minimum Gasteiger partial charge on any atom is -0.447 e. The van der Waals surface area contributed by atoms with Gasteiger partial charge in [0.2, 0.25) is 5.82 Å². The Kier molecular flexibility index (Phi) is 7.34. The van der Waals surface area contributed by atoms with Crippen LogP contribution < -0.4 is 9.80 Å². The maximum Gasteiger partial charge on any atom is 0.433 e. The second kappa shape index (κ2) is 10.4. The Morgan fingerprint density at radius 3 is 2.59 bits per heavy atom. The molecule has 3 aliphatic heterocycles. The highest BCUT2D eigenvalue weighted by Gasteiger charge is 2.40. The number of halogens is 4. The summed E-state index contributed by atoms with van der Waals surface area (Å²) in [5.74, 6) is -0.810. The number of nitrogens with zero attached hydrogens (tertiary/aromatic N) is 6. The Morgan fingerprint density at radius 1 is 1.10 bits per heavy atom. The molecule has 0 amide bonds. The molecule has 2 aromatic rings. The van der Waals surface area contributed by atoms with E-state index in [-0.39, 0.29) is 41.3 Å². The van der Waals surface area contributed by atoms with E-state index in [1.807, 2.05) is 4.90 Å². The molecule has 15 heteroatoms. The smallest absolute Gasteiger partial charge is 0.433 e. The van der Waals surface area contributed by atoms with Gasteiger partial charge < -0.3 is 14.5 Å². The monoisotopic (exact) mass is 584 g/mol. The molecule has 4 heterocycles. The van der Waals surface area contributed by atoms with Crippen LogP contribution in [0.1, 0.15) is 30.8 Å². The number of ether oxygens (including phenoxy) is 1. The predicted octanol–water partition coefficient (Wildman–Crippen LogP) is 2.86. The highest BCUT2D eigenvalue weighted by molar-refractivity contribution is 7.92. The number of piperazine rings is 1. The summed E-state index contributed by atoms with van der Waals surface area (Å²) in [7, 11) is -3.95. The van der Waals surface area contributed by atoms with Crippen LogP contribution in [0.2, 0.25) is 5.02 Å². The van der Waals surface area contributed by atoms with Gasteiger partial charge in [-0.15, -0.1) is 0 Å². The molecular weight excluding hydrogens is 561 g/mol. The Bertz CT molecular complexity index is 1420. The van der Waals surface area contributed by atoms with Gasteiger partial charge in [0.15, 0.2) is 21.8 Å². The molecule has 0 radical (unpaired) electrons. The van der Waals surface area contributed by atoms with Gasteiger partial charge in [-0.2, -0.15) is 18.4 Å². The van der Waals surface area contributed by atoms with Crippen LogP contribution in [-0.4, -0.2) is 80.0 Å². The summed E-state index contributed by atoms with van der Waals surface area (Å²) in [6.07, 6.45) is -3.09. The maximum atomic E-state index is 13.5. The van der Waals surface area contributed by atoms with E-state index in [1.54, 1.807) is 12.1 Å². The van der Waals surface area contributed by atoms with Gasteiger partial charge in [-0.1, -0.05) is 11.6 Å². The lowest BCUT2D eigenvalue weighted by Gasteiger charge is -2.43. The number of alkyl halides is 3. The van der Waals surface area contributed by atoms with Crippen molar-refractivity contribution in [3.63, 3.8) is 0 Å². The van der Waals surface area contributed by atoms with E-state index < -0.39 is 39.0 Å². The van der Waals surface area contributed by atoms with Crippen LogP contribution in [-0.2, 0) is 25.5 Å². The largest absolute Gasteiger partial charge is 0.447 e. The first kappa shape index (κ1) is 27.4. The van der Waals surface area contributed by atoms with Gasteiger partial charge in [0.25, 0.3) is 6.47 Å². The molecule has 10 nitrogen and oxygen atoms in total. The zero-order chi connectivity index (χ0) is 27.9. The lowest BCUT2D eigenvalue weighted by Crippen LogP contribution is -2.57. The van der Waals surface area contributed by atoms with Crippen LogP contribution in [0.15, 0.2) is 29.2 Å². The van der Waals surface area contributed by atoms with E-state index >= 15 is 0 Å². The third kappa shape index (κ3) is 5.35. The first-order valence-corrected chi connectivity index (χ1v) is 14.2. The quantitative estimate of drug-likeness (QED) is 0.469. The molecule has 39 heavy (non-hydrogen) atoms. The molecule has 3 fully saturated rings. The number of sulfone groups is 1. The van der Waals surface area contributed by atoms with Gasteiger partial charge in [0.1, 0.15) is 11.9 Å². The van der Waals surface area contributed by atoms with Crippen molar-refractivity contribution in [3.05, 3.63) is 40.8 Å². The van der Waals surface area contributed by atoms with E-state index in [2.05, 4.69) is 14.9 Å². The second-order valence-electron chi connectivity index (χ2n) is 9.69. The van der Waals surface area contributed by atoms with Crippen molar-refractivity contribution >= 4 is 39.4 Å².